The van der Waals surface area contributed by atoms with Crippen LogP contribution in [0.4, 0.5) is 15.9 Å². The number of nitrogens with zero attached hydrogens (tertiary/aromatic N) is 2. The van der Waals surface area contributed by atoms with Crippen LogP contribution in [0.3, 0.4) is 0 Å². The molecule has 4 heteroatoms. The van der Waals surface area contributed by atoms with Crippen LogP contribution in [0.15, 0.2) is 42.6 Å². The molecule has 1 heterocycles. The van der Waals surface area contributed by atoms with Gasteiger partial charge in [0.15, 0.2) is 0 Å². The molecule has 1 N–H and O–H groups in total. The van der Waals surface area contributed by atoms with Gasteiger partial charge in [0.05, 0.1) is 0 Å². The van der Waals surface area contributed by atoms with Crippen molar-refractivity contribution in [3.8, 4) is 0 Å². The lowest BCUT2D eigenvalue weighted by Crippen LogP contribution is -2.12. The van der Waals surface area contributed by atoms with Crippen LogP contribution in [0.5, 0.6) is 0 Å². The van der Waals surface area contributed by atoms with Gasteiger partial charge in [-0.15, -0.1) is 0 Å². The van der Waals surface area contributed by atoms with Gasteiger partial charge in [0.25, 0.3) is 0 Å². The summed E-state index contributed by atoms with van der Waals surface area (Å²) in [4.78, 5) is 6.17. The smallest absolute Gasteiger partial charge is 0.132 e. The van der Waals surface area contributed by atoms with Crippen LogP contribution in [-0.4, -0.2) is 19.1 Å². The van der Waals surface area contributed by atoms with E-state index in [1.54, 1.807) is 12.3 Å². The second-order valence-corrected chi connectivity index (χ2v) is 4.09. The first-order valence-electron chi connectivity index (χ1n) is 5.79. The highest BCUT2D eigenvalue weighted by Crippen LogP contribution is 2.22. The molecule has 1 aromatic carbocycles. The van der Waals surface area contributed by atoms with E-state index in [-0.39, 0.29) is 5.82 Å². The van der Waals surface area contributed by atoms with Crippen LogP contribution >= 0.6 is 0 Å². The summed E-state index contributed by atoms with van der Waals surface area (Å²) in [6.45, 7) is 0.784. The SMILES string of the molecule is CNCc1ccnc(N(C)c2cccc(F)c2)c1. The fraction of sp³-hybridized carbons (Fsp3) is 0.214. The van der Waals surface area contributed by atoms with E-state index in [0.717, 1.165) is 23.6 Å². The van der Waals surface area contributed by atoms with Crippen molar-refractivity contribution in [2.45, 2.75) is 6.54 Å². The molecule has 3 nitrogen and oxygen atoms in total. The zero-order valence-electron chi connectivity index (χ0n) is 10.5. The summed E-state index contributed by atoms with van der Waals surface area (Å²) >= 11 is 0. The fourth-order valence-corrected chi connectivity index (χ4v) is 1.78. The number of pyridine rings is 1. The van der Waals surface area contributed by atoms with Gasteiger partial charge in [-0.2, -0.15) is 0 Å². The molecule has 0 bridgehead atoms. The normalized spacial score (nSPS) is 10.4. The van der Waals surface area contributed by atoms with E-state index < -0.39 is 0 Å². The molecular formula is C14H16FN3. The highest BCUT2D eigenvalue weighted by Gasteiger charge is 2.06. The Bertz CT molecular complexity index is 528. The monoisotopic (exact) mass is 245 g/mol. The molecular weight excluding hydrogens is 229 g/mol. The molecule has 1 aromatic heterocycles. The van der Waals surface area contributed by atoms with Gasteiger partial charge in [0.1, 0.15) is 11.6 Å². The third-order valence-electron chi connectivity index (χ3n) is 2.73. The summed E-state index contributed by atoms with van der Waals surface area (Å²) in [5, 5.41) is 3.09. The highest BCUT2D eigenvalue weighted by atomic mass is 19.1. The summed E-state index contributed by atoms with van der Waals surface area (Å²) in [5.41, 5.74) is 1.93. The van der Waals surface area contributed by atoms with E-state index in [1.807, 2.05) is 37.2 Å². The lowest BCUT2D eigenvalue weighted by Gasteiger charge is -2.19. The molecule has 0 amide bonds. The molecule has 0 unspecified atom stereocenters. The van der Waals surface area contributed by atoms with Crippen LogP contribution in [0, 0.1) is 5.82 Å². The molecule has 18 heavy (non-hydrogen) atoms. The number of benzene rings is 1. The molecule has 0 aliphatic rings. The van der Waals surface area contributed by atoms with Crippen LogP contribution in [0.25, 0.3) is 0 Å². The van der Waals surface area contributed by atoms with Crippen molar-refractivity contribution >= 4 is 11.5 Å². The number of aromatic nitrogens is 1. The van der Waals surface area contributed by atoms with Crippen LogP contribution in [0.1, 0.15) is 5.56 Å². The van der Waals surface area contributed by atoms with E-state index in [9.17, 15) is 4.39 Å². The summed E-state index contributed by atoms with van der Waals surface area (Å²) < 4.78 is 13.2. The van der Waals surface area contributed by atoms with E-state index in [0.29, 0.717) is 0 Å². The molecule has 2 aromatic rings. The first kappa shape index (κ1) is 12.5. The predicted octanol–water partition coefficient (Wildman–Crippen LogP) is 2.71. The van der Waals surface area contributed by atoms with Crippen LogP contribution in [0.2, 0.25) is 0 Å². The maximum atomic E-state index is 13.2. The topological polar surface area (TPSA) is 28.2 Å². The van der Waals surface area contributed by atoms with Gasteiger partial charge < -0.3 is 10.2 Å². The van der Waals surface area contributed by atoms with Crippen LogP contribution < -0.4 is 10.2 Å². The predicted molar refractivity (Wildman–Crippen MR) is 71.5 cm³/mol. The molecule has 0 spiro atoms. The third-order valence-corrected chi connectivity index (χ3v) is 2.73. The average Bonchev–Trinajstić information content (AvgIpc) is 2.39. The van der Waals surface area contributed by atoms with Gasteiger partial charge in [-0.05, 0) is 42.9 Å². The number of anilines is 2. The average molecular weight is 245 g/mol. The van der Waals surface area contributed by atoms with Gasteiger partial charge in [-0.25, -0.2) is 9.37 Å². The molecule has 0 aliphatic heterocycles. The van der Waals surface area contributed by atoms with Crippen molar-refractivity contribution in [1.82, 2.24) is 10.3 Å². The molecule has 0 aliphatic carbocycles. The van der Waals surface area contributed by atoms with Crippen molar-refractivity contribution < 1.29 is 4.39 Å². The lowest BCUT2D eigenvalue weighted by molar-refractivity contribution is 0.628. The minimum atomic E-state index is -0.245. The second kappa shape index (κ2) is 5.60. The van der Waals surface area contributed by atoms with Gasteiger partial charge >= 0.3 is 0 Å². The van der Waals surface area contributed by atoms with E-state index in [4.69, 9.17) is 0 Å². The number of rotatable bonds is 4. The Labute approximate surface area is 106 Å². The molecule has 0 fully saturated rings. The summed E-state index contributed by atoms with van der Waals surface area (Å²) in [6.07, 6.45) is 1.76. The standard InChI is InChI=1S/C14H16FN3/c1-16-10-11-6-7-17-14(8-11)18(2)13-5-3-4-12(15)9-13/h3-9,16H,10H2,1-2H3. The highest BCUT2D eigenvalue weighted by molar-refractivity contribution is 5.59. The molecule has 0 saturated heterocycles. The molecule has 0 atom stereocenters. The van der Waals surface area contributed by atoms with E-state index in [1.165, 1.54) is 12.1 Å². The number of hydrogen-bond donors (Lipinski definition) is 1. The summed E-state index contributed by atoms with van der Waals surface area (Å²) in [6, 6.07) is 10.4. The van der Waals surface area contributed by atoms with Gasteiger partial charge in [0.2, 0.25) is 0 Å². The number of hydrogen-bond acceptors (Lipinski definition) is 3. The van der Waals surface area contributed by atoms with E-state index >= 15 is 0 Å². The minimum absolute atomic E-state index is 0.245. The Morgan fingerprint density at radius 1 is 1.28 bits per heavy atom. The summed E-state index contributed by atoms with van der Waals surface area (Å²) in [5.74, 6) is 0.555. The Morgan fingerprint density at radius 2 is 2.11 bits per heavy atom. The van der Waals surface area contributed by atoms with Crippen LogP contribution in [-0.2, 0) is 6.54 Å². The lowest BCUT2D eigenvalue weighted by atomic mass is 10.2. The minimum Gasteiger partial charge on any atom is -0.329 e. The van der Waals surface area contributed by atoms with Crippen molar-refractivity contribution in [2.75, 3.05) is 19.0 Å². The zero-order valence-corrected chi connectivity index (χ0v) is 10.5. The largest absolute Gasteiger partial charge is 0.329 e. The van der Waals surface area contributed by atoms with Gasteiger partial charge in [-0.3, -0.25) is 0 Å². The van der Waals surface area contributed by atoms with E-state index in [2.05, 4.69) is 10.3 Å². The first-order chi connectivity index (χ1) is 8.70. The van der Waals surface area contributed by atoms with Crippen molar-refractivity contribution in [1.29, 1.82) is 0 Å². The Balaban J connectivity index is 2.27. The number of nitrogens with one attached hydrogen (secondary N) is 1. The maximum absolute atomic E-state index is 13.2. The maximum Gasteiger partial charge on any atom is 0.132 e. The third kappa shape index (κ3) is 2.84. The molecule has 0 saturated carbocycles. The second-order valence-electron chi connectivity index (χ2n) is 4.09. The fourth-order valence-electron chi connectivity index (χ4n) is 1.78. The van der Waals surface area contributed by atoms with Crippen molar-refractivity contribution in [3.63, 3.8) is 0 Å². The van der Waals surface area contributed by atoms with Crippen molar-refractivity contribution in [2.24, 2.45) is 0 Å². The first-order valence-corrected chi connectivity index (χ1v) is 5.79. The Hall–Kier alpha value is -1.94. The Kier molecular flexibility index (Phi) is 3.89. The zero-order chi connectivity index (χ0) is 13.0. The Morgan fingerprint density at radius 3 is 2.83 bits per heavy atom. The van der Waals surface area contributed by atoms with Crippen molar-refractivity contribution in [3.05, 3.63) is 54.0 Å². The molecule has 0 radical (unpaired) electrons. The van der Waals surface area contributed by atoms with Gasteiger partial charge in [-0.1, -0.05) is 6.07 Å². The molecule has 94 valence electrons. The molecule has 2 rings (SSSR count). The summed E-state index contributed by atoms with van der Waals surface area (Å²) in [7, 11) is 3.77. The van der Waals surface area contributed by atoms with Gasteiger partial charge in [0, 0.05) is 25.5 Å². The number of halogens is 1. The quantitative estimate of drug-likeness (QED) is 0.897.